The molecule has 2 aliphatic rings. The van der Waals surface area contributed by atoms with E-state index in [-0.39, 0.29) is 11.9 Å². The molecule has 0 saturated heterocycles. The summed E-state index contributed by atoms with van der Waals surface area (Å²) >= 11 is 0. The first-order valence-corrected chi connectivity index (χ1v) is 13.8. The molecule has 1 fully saturated rings. The van der Waals surface area contributed by atoms with Gasteiger partial charge in [-0.3, -0.25) is 9.48 Å². The number of Topliss-reactive ketones (excluding diaryl/α,β-unsaturated/α-hetero) is 1. The third kappa shape index (κ3) is 5.97. The summed E-state index contributed by atoms with van der Waals surface area (Å²) in [5, 5.41) is 5.44. The third-order valence-corrected chi connectivity index (χ3v) is 8.02. The Hall–Kier alpha value is -2.73. The number of carbonyl (C=O) groups is 1. The molecule has 6 nitrogen and oxygen atoms in total. The molecule has 2 aromatic heterocycles. The Morgan fingerprint density at radius 3 is 2.64 bits per heavy atom. The molecule has 3 heterocycles. The lowest BCUT2D eigenvalue weighted by Crippen LogP contribution is -2.29. The van der Waals surface area contributed by atoms with Crippen molar-refractivity contribution in [1.82, 2.24) is 19.7 Å². The predicted molar refractivity (Wildman–Crippen MR) is 144 cm³/mol. The number of ether oxygens (including phenoxy) is 1. The second-order valence-electron chi connectivity index (χ2n) is 11.1. The first kappa shape index (κ1) is 24.9. The average molecular weight is 489 g/mol. The Kier molecular flexibility index (Phi) is 7.70. The zero-order valence-electron chi connectivity index (χ0n) is 22.1. The van der Waals surface area contributed by atoms with E-state index >= 15 is 0 Å². The zero-order valence-corrected chi connectivity index (χ0v) is 22.1. The van der Waals surface area contributed by atoms with E-state index in [0.717, 1.165) is 54.2 Å². The van der Waals surface area contributed by atoms with Gasteiger partial charge in [-0.25, -0.2) is 4.98 Å². The number of aromatic nitrogens is 3. The molecule has 5 rings (SSSR count). The molecule has 3 aromatic rings. The summed E-state index contributed by atoms with van der Waals surface area (Å²) in [5.74, 6) is 2.33. The molecule has 1 aromatic carbocycles. The average Bonchev–Trinajstić information content (AvgIpc) is 3.13. The molecule has 1 aliphatic carbocycles. The summed E-state index contributed by atoms with van der Waals surface area (Å²) in [6.07, 6.45) is 11.0. The molecule has 192 valence electrons. The van der Waals surface area contributed by atoms with Crippen LogP contribution in [0.15, 0.2) is 36.5 Å². The van der Waals surface area contributed by atoms with Crippen molar-refractivity contribution in [3.05, 3.63) is 53.3 Å². The van der Waals surface area contributed by atoms with Crippen molar-refractivity contribution in [1.29, 1.82) is 0 Å². The fourth-order valence-electron chi connectivity index (χ4n) is 6.01. The van der Waals surface area contributed by atoms with E-state index in [1.807, 2.05) is 51.4 Å². The molecule has 0 N–H and O–H groups in total. The van der Waals surface area contributed by atoms with Crippen LogP contribution in [0.2, 0.25) is 0 Å². The molecule has 0 unspecified atom stereocenters. The molecule has 1 aliphatic heterocycles. The maximum Gasteiger partial charge on any atom is 0.213 e. The Balaban J connectivity index is 1.07. The van der Waals surface area contributed by atoms with E-state index in [4.69, 9.17) is 9.72 Å². The fraction of sp³-hybridized carbons (Fsp3) is 0.567. The van der Waals surface area contributed by atoms with Gasteiger partial charge in [0, 0.05) is 61.9 Å². The quantitative estimate of drug-likeness (QED) is 0.385. The molecule has 36 heavy (non-hydrogen) atoms. The van der Waals surface area contributed by atoms with Gasteiger partial charge in [0.2, 0.25) is 5.88 Å². The van der Waals surface area contributed by atoms with E-state index in [1.165, 1.54) is 49.9 Å². The number of hydrogen-bond acceptors (Lipinski definition) is 5. The Labute approximate surface area is 215 Å². The van der Waals surface area contributed by atoms with Crippen molar-refractivity contribution in [3.8, 4) is 5.88 Å². The van der Waals surface area contributed by atoms with E-state index in [0.29, 0.717) is 12.3 Å². The molecule has 0 atom stereocenters. The summed E-state index contributed by atoms with van der Waals surface area (Å²) < 4.78 is 7.60. The first-order valence-electron chi connectivity index (χ1n) is 13.8. The van der Waals surface area contributed by atoms with Crippen LogP contribution < -0.4 is 4.74 Å². The standard InChI is InChI=1S/C30H40N4O2/c1-21(2)36-30-12-11-24-14-17-34(18-15-27(24)31-30)16-13-22-7-9-23(10-8-22)19-29(35)25-5-4-6-28-26(25)20-33(3)32-28/h4-6,11-12,20-23H,7-10,13-19H2,1-3H3. The van der Waals surface area contributed by atoms with Gasteiger partial charge in [0.25, 0.3) is 0 Å². The van der Waals surface area contributed by atoms with Crippen LogP contribution >= 0.6 is 0 Å². The van der Waals surface area contributed by atoms with Crippen LogP contribution in [0.25, 0.3) is 10.9 Å². The summed E-state index contributed by atoms with van der Waals surface area (Å²) in [4.78, 5) is 20.5. The van der Waals surface area contributed by atoms with Crippen LogP contribution in [0, 0.1) is 11.8 Å². The minimum atomic E-state index is 0.154. The van der Waals surface area contributed by atoms with Crippen LogP contribution in [0.3, 0.4) is 0 Å². The molecule has 6 heteroatoms. The number of hydrogen-bond donors (Lipinski definition) is 0. The van der Waals surface area contributed by atoms with Crippen molar-refractivity contribution in [2.24, 2.45) is 18.9 Å². The number of ketones is 1. The molecular weight excluding hydrogens is 448 g/mol. The normalized spacial score (nSPS) is 20.9. The van der Waals surface area contributed by atoms with Crippen LogP contribution in [-0.4, -0.2) is 51.2 Å². The third-order valence-electron chi connectivity index (χ3n) is 8.02. The molecule has 0 radical (unpaired) electrons. The van der Waals surface area contributed by atoms with Gasteiger partial charge in [0.05, 0.1) is 11.6 Å². The van der Waals surface area contributed by atoms with Gasteiger partial charge in [-0.2, -0.15) is 5.10 Å². The molecule has 0 bridgehead atoms. The summed E-state index contributed by atoms with van der Waals surface area (Å²) in [6.45, 7) is 7.45. The lowest BCUT2D eigenvalue weighted by molar-refractivity contribution is 0.0942. The van der Waals surface area contributed by atoms with Gasteiger partial charge in [-0.1, -0.05) is 31.0 Å². The summed E-state index contributed by atoms with van der Waals surface area (Å²) in [5.41, 5.74) is 4.33. The maximum absolute atomic E-state index is 13.1. The number of nitrogens with zero attached hydrogens (tertiary/aromatic N) is 4. The van der Waals surface area contributed by atoms with Crippen molar-refractivity contribution in [2.75, 3.05) is 19.6 Å². The number of aryl methyl sites for hydroxylation is 1. The van der Waals surface area contributed by atoms with E-state index in [1.54, 1.807) is 4.68 Å². The first-order chi connectivity index (χ1) is 17.4. The highest BCUT2D eigenvalue weighted by Crippen LogP contribution is 2.34. The second kappa shape index (κ2) is 11.1. The smallest absolute Gasteiger partial charge is 0.213 e. The summed E-state index contributed by atoms with van der Waals surface area (Å²) in [7, 11) is 1.91. The topological polar surface area (TPSA) is 60.2 Å². The maximum atomic E-state index is 13.1. The van der Waals surface area contributed by atoms with Gasteiger partial charge in [0.15, 0.2) is 5.78 Å². The molecule has 0 amide bonds. The fourth-order valence-corrected chi connectivity index (χ4v) is 6.01. The monoisotopic (exact) mass is 488 g/mol. The number of rotatable bonds is 8. The Morgan fingerprint density at radius 1 is 1.06 bits per heavy atom. The Bertz CT molecular complexity index is 1190. The van der Waals surface area contributed by atoms with Gasteiger partial charge in [-0.05, 0) is 69.5 Å². The highest BCUT2D eigenvalue weighted by atomic mass is 16.5. The lowest BCUT2D eigenvalue weighted by atomic mass is 9.78. The minimum Gasteiger partial charge on any atom is -0.475 e. The molecule has 1 saturated carbocycles. The predicted octanol–water partition coefficient (Wildman–Crippen LogP) is 5.63. The lowest BCUT2D eigenvalue weighted by Gasteiger charge is -2.30. The van der Waals surface area contributed by atoms with Crippen molar-refractivity contribution >= 4 is 16.7 Å². The Morgan fingerprint density at radius 2 is 1.83 bits per heavy atom. The number of benzene rings is 1. The molecule has 0 spiro atoms. The SMILES string of the molecule is CC(C)Oc1ccc2c(n1)CCN(CCC1CCC(CC(=O)c3cccc4nn(C)cc34)CC1)CC2. The number of fused-ring (bicyclic) bond motifs is 2. The van der Waals surface area contributed by atoms with Gasteiger partial charge in [-0.15, -0.1) is 0 Å². The second-order valence-corrected chi connectivity index (χ2v) is 11.1. The zero-order chi connectivity index (χ0) is 25.1. The van der Waals surface area contributed by atoms with Gasteiger partial charge < -0.3 is 9.64 Å². The highest BCUT2D eigenvalue weighted by Gasteiger charge is 2.25. The van der Waals surface area contributed by atoms with Crippen LogP contribution in [0.4, 0.5) is 0 Å². The summed E-state index contributed by atoms with van der Waals surface area (Å²) in [6, 6.07) is 10.1. The van der Waals surface area contributed by atoms with E-state index in [9.17, 15) is 4.79 Å². The van der Waals surface area contributed by atoms with Crippen LogP contribution in [-0.2, 0) is 19.9 Å². The van der Waals surface area contributed by atoms with Crippen LogP contribution in [0.1, 0.15) is 74.0 Å². The van der Waals surface area contributed by atoms with Crippen molar-refractivity contribution in [2.45, 2.75) is 71.3 Å². The van der Waals surface area contributed by atoms with Crippen LogP contribution in [0.5, 0.6) is 5.88 Å². The van der Waals surface area contributed by atoms with Crippen molar-refractivity contribution < 1.29 is 9.53 Å². The number of carbonyl (C=O) groups excluding carboxylic acids is 1. The number of pyridine rings is 1. The highest BCUT2D eigenvalue weighted by molar-refractivity contribution is 6.07. The van der Waals surface area contributed by atoms with Gasteiger partial charge >= 0.3 is 0 Å². The molecular formula is C30H40N4O2. The van der Waals surface area contributed by atoms with Crippen molar-refractivity contribution in [3.63, 3.8) is 0 Å². The minimum absolute atomic E-state index is 0.154. The van der Waals surface area contributed by atoms with Gasteiger partial charge in [0.1, 0.15) is 0 Å². The van der Waals surface area contributed by atoms with E-state index in [2.05, 4.69) is 16.1 Å². The largest absolute Gasteiger partial charge is 0.475 e. The van der Waals surface area contributed by atoms with E-state index < -0.39 is 0 Å².